The van der Waals surface area contributed by atoms with Crippen LogP contribution in [-0.2, 0) is 16.0 Å². The van der Waals surface area contributed by atoms with Crippen LogP contribution in [0, 0.1) is 5.41 Å². The second kappa shape index (κ2) is 7.99. The Kier molecular flexibility index (Phi) is 5.25. The predicted octanol–water partition coefficient (Wildman–Crippen LogP) is 3.64. The first-order chi connectivity index (χ1) is 14.1. The van der Waals surface area contributed by atoms with E-state index in [1.807, 2.05) is 31.3 Å². The summed E-state index contributed by atoms with van der Waals surface area (Å²) in [5.74, 6) is 0.314. The summed E-state index contributed by atoms with van der Waals surface area (Å²) in [6, 6.07) is 15.3. The molecule has 0 bridgehead atoms. The molecule has 3 aromatic rings. The van der Waals surface area contributed by atoms with Gasteiger partial charge in [0.1, 0.15) is 11.2 Å². The summed E-state index contributed by atoms with van der Waals surface area (Å²) in [5.41, 5.74) is 1.96. The van der Waals surface area contributed by atoms with E-state index in [4.69, 9.17) is 4.74 Å². The predicted molar refractivity (Wildman–Crippen MR) is 113 cm³/mol. The topological polar surface area (TPSA) is 83.2 Å². The van der Waals surface area contributed by atoms with Crippen LogP contribution in [0.5, 0.6) is 5.75 Å². The highest BCUT2D eigenvalue weighted by atomic mass is 16.5. The van der Waals surface area contributed by atoms with Crippen molar-refractivity contribution in [3.05, 3.63) is 60.3 Å². The standard InChI is InChI=1S/C23H25N3O3/c1-2-29-18-9-7-17(8-10-18)26-22(28)23(12-13-23)21(27)24-14-11-16-15-25-20-6-4-3-5-19(16)20/h3-10,15,25H,2,11-14H2,1H3,(H,24,27)(H,26,28). The Hall–Kier alpha value is -3.28. The monoisotopic (exact) mass is 391 g/mol. The average molecular weight is 391 g/mol. The van der Waals surface area contributed by atoms with Crippen molar-refractivity contribution in [2.24, 2.45) is 5.41 Å². The zero-order valence-corrected chi connectivity index (χ0v) is 16.5. The zero-order chi connectivity index (χ0) is 20.3. The molecule has 0 unspecified atom stereocenters. The van der Waals surface area contributed by atoms with Gasteiger partial charge in [-0.1, -0.05) is 18.2 Å². The van der Waals surface area contributed by atoms with Gasteiger partial charge >= 0.3 is 0 Å². The van der Waals surface area contributed by atoms with Gasteiger partial charge in [-0.25, -0.2) is 0 Å². The summed E-state index contributed by atoms with van der Waals surface area (Å²) in [7, 11) is 0. The first-order valence-corrected chi connectivity index (χ1v) is 10.00. The lowest BCUT2D eigenvalue weighted by Gasteiger charge is -2.15. The normalized spacial score (nSPS) is 14.4. The van der Waals surface area contributed by atoms with Gasteiger partial charge in [0, 0.05) is 29.3 Å². The van der Waals surface area contributed by atoms with E-state index in [2.05, 4.69) is 21.7 Å². The molecule has 6 nitrogen and oxygen atoms in total. The molecule has 0 radical (unpaired) electrons. The van der Waals surface area contributed by atoms with Crippen molar-refractivity contribution >= 4 is 28.4 Å². The molecule has 0 aliphatic heterocycles. The Labute approximate surface area is 169 Å². The lowest BCUT2D eigenvalue weighted by molar-refractivity contribution is -0.134. The fourth-order valence-corrected chi connectivity index (χ4v) is 3.55. The smallest absolute Gasteiger partial charge is 0.240 e. The highest BCUT2D eigenvalue weighted by Gasteiger charge is 2.56. The van der Waals surface area contributed by atoms with Crippen molar-refractivity contribution in [2.45, 2.75) is 26.2 Å². The van der Waals surface area contributed by atoms with Gasteiger partial charge < -0.3 is 20.4 Å². The number of H-pyrrole nitrogens is 1. The molecule has 3 N–H and O–H groups in total. The minimum Gasteiger partial charge on any atom is -0.494 e. The van der Waals surface area contributed by atoms with Crippen LogP contribution < -0.4 is 15.4 Å². The Bertz CT molecular complexity index is 1020. The van der Waals surface area contributed by atoms with Crippen molar-refractivity contribution in [1.29, 1.82) is 0 Å². The Morgan fingerprint density at radius 2 is 1.83 bits per heavy atom. The molecule has 0 spiro atoms. The lowest BCUT2D eigenvalue weighted by atomic mass is 10.0. The minimum atomic E-state index is -0.946. The average Bonchev–Trinajstić information content (AvgIpc) is 3.46. The maximum Gasteiger partial charge on any atom is 0.240 e. The molecule has 1 fully saturated rings. The van der Waals surface area contributed by atoms with Crippen molar-refractivity contribution in [3.63, 3.8) is 0 Å². The van der Waals surface area contributed by atoms with Gasteiger partial charge in [0.15, 0.2) is 0 Å². The first kappa shape index (κ1) is 19.1. The second-order valence-corrected chi connectivity index (χ2v) is 7.36. The Balaban J connectivity index is 1.32. The van der Waals surface area contributed by atoms with Gasteiger partial charge in [-0.2, -0.15) is 0 Å². The first-order valence-electron chi connectivity index (χ1n) is 10.00. The summed E-state index contributed by atoms with van der Waals surface area (Å²) < 4.78 is 5.41. The van der Waals surface area contributed by atoms with Gasteiger partial charge in [0.05, 0.1) is 6.61 Å². The molecule has 1 aromatic heterocycles. The Morgan fingerprint density at radius 1 is 1.07 bits per heavy atom. The van der Waals surface area contributed by atoms with E-state index < -0.39 is 5.41 Å². The number of hydrogen-bond acceptors (Lipinski definition) is 3. The van der Waals surface area contributed by atoms with Gasteiger partial charge in [-0.3, -0.25) is 9.59 Å². The number of aromatic amines is 1. The molecule has 29 heavy (non-hydrogen) atoms. The summed E-state index contributed by atoms with van der Waals surface area (Å²) in [6.45, 7) is 3.01. The van der Waals surface area contributed by atoms with Crippen LogP contribution in [0.2, 0.25) is 0 Å². The van der Waals surface area contributed by atoms with E-state index in [-0.39, 0.29) is 11.8 Å². The largest absolute Gasteiger partial charge is 0.494 e. The summed E-state index contributed by atoms with van der Waals surface area (Å²) in [6.07, 6.45) is 3.85. The van der Waals surface area contributed by atoms with E-state index in [0.717, 1.165) is 22.2 Å². The number of amides is 2. The molecule has 1 heterocycles. The maximum atomic E-state index is 12.7. The number of carbonyl (C=O) groups excluding carboxylic acids is 2. The third-order valence-electron chi connectivity index (χ3n) is 5.40. The Morgan fingerprint density at radius 3 is 2.55 bits per heavy atom. The number of fused-ring (bicyclic) bond motifs is 1. The van der Waals surface area contributed by atoms with E-state index in [1.165, 1.54) is 0 Å². The van der Waals surface area contributed by atoms with Gasteiger partial charge in [0.2, 0.25) is 11.8 Å². The number of ether oxygens (including phenoxy) is 1. The number of anilines is 1. The van der Waals surface area contributed by atoms with E-state index in [1.54, 1.807) is 24.3 Å². The highest BCUT2D eigenvalue weighted by molar-refractivity contribution is 6.13. The molecule has 1 aliphatic carbocycles. The van der Waals surface area contributed by atoms with Crippen molar-refractivity contribution in [3.8, 4) is 5.75 Å². The van der Waals surface area contributed by atoms with Crippen LogP contribution in [0.15, 0.2) is 54.7 Å². The molecular weight excluding hydrogens is 366 g/mol. The van der Waals surface area contributed by atoms with Crippen LogP contribution in [0.3, 0.4) is 0 Å². The van der Waals surface area contributed by atoms with Gasteiger partial charge in [0.25, 0.3) is 0 Å². The molecule has 0 atom stereocenters. The van der Waals surface area contributed by atoms with Crippen LogP contribution in [-0.4, -0.2) is 29.9 Å². The lowest BCUT2D eigenvalue weighted by Crippen LogP contribution is -2.40. The third kappa shape index (κ3) is 3.97. The number of benzene rings is 2. The molecule has 4 rings (SSSR count). The van der Waals surface area contributed by atoms with Crippen LogP contribution in [0.4, 0.5) is 5.69 Å². The third-order valence-corrected chi connectivity index (χ3v) is 5.40. The van der Waals surface area contributed by atoms with Gasteiger partial charge in [-0.05, 0) is 62.1 Å². The molecule has 150 valence electrons. The molecule has 2 amide bonds. The molecule has 6 heteroatoms. The highest BCUT2D eigenvalue weighted by Crippen LogP contribution is 2.46. The van der Waals surface area contributed by atoms with E-state index >= 15 is 0 Å². The summed E-state index contributed by atoms with van der Waals surface area (Å²) >= 11 is 0. The van der Waals surface area contributed by atoms with Crippen molar-refractivity contribution in [2.75, 3.05) is 18.5 Å². The number of aromatic nitrogens is 1. The zero-order valence-electron chi connectivity index (χ0n) is 16.5. The SMILES string of the molecule is CCOc1ccc(NC(=O)C2(C(=O)NCCc3c[nH]c4ccccc34)CC2)cc1. The fraction of sp³-hybridized carbons (Fsp3) is 0.304. The summed E-state index contributed by atoms with van der Waals surface area (Å²) in [4.78, 5) is 28.6. The van der Waals surface area contributed by atoms with Crippen molar-refractivity contribution in [1.82, 2.24) is 10.3 Å². The second-order valence-electron chi connectivity index (χ2n) is 7.36. The van der Waals surface area contributed by atoms with Crippen LogP contribution >= 0.6 is 0 Å². The van der Waals surface area contributed by atoms with Crippen molar-refractivity contribution < 1.29 is 14.3 Å². The quantitative estimate of drug-likeness (QED) is 0.513. The number of hydrogen-bond donors (Lipinski definition) is 3. The molecule has 1 saturated carbocycles. The van der Waals surface area contributed by atoms with E-state index in [9.17, 15) is 9.59 Å². The molecule has 1 aliphatic rings. The van der Waals surface area contributed by atoms with E-state index in [0.29, 0.717) is 38.1 Å². The summed E-state index contributed by atoms with van der Waals surface area (Å²) in [5, 5.41) is 6.97. The van der Waals surface area contributed by atoms with Crippen LogP contribution in [0.25, 0.3) is 10.9 Å². The number of carbonyl (C=O) groups is 2. The molecule has 2 aromatic carbocycles. The van der Waals surface area contributed by atoms with Gasteiger partial charge in [-0.15, -0.1) is 0 Å². The molecular formula is C23H25N3O3. The minimum absolute atomic E-state index is 0.194. The number of nitrogens with one attached hydrogen (secondary N) is 3. The molecule has 0 saturated heterocycles. The maximum absolute atomic E-state index is 12.7. The fourth-order valence-electron chi connectivity index (χ4n) is 3.55. The number of rotatable bonds is 8. The number of para-hydroxylation sites is 1. The van der Waals surface area contributed by atoms with Crippen LogP contribution in [0.1, 0.15) is 25.3 Å².